The van der Waals surface area contributed by atoms with Gasteiger partial charge in [-0.1, -0.05) is 37.1 Å². The molecule has 3 atom stereocenters. The van der Waals surface area contributed by atoms with Crippen LogP contribution in [0.1, 0.15) is 97.1 Å². The zero-order chi connectivity index (χ0) is 24.4. The van der Waals surface area contributed by atoms with Crippen LogP contribution in [0.4, 0.5) is 0 Å². The smallest absolute Gasteiger partial charge is 0.306 e. The van der Waals surface area contributed by atoms with Crippen molar-refractivity contribution >= 4 is 11.9 Å². The molecule has 1 N–H and O–H groups in total. The quantitative estimate of drug-likeness (QED) is 0.335. The Morgan fingerprint density at radius 3 is 2.21 bits per heavy atom. The maximum absolute atomic E-state index is 12.3. The summed E-state index contributed by atoms with van der Waals surface area (Å²) in [5.74, 6) is -0.0429. The van der Waals surface area contributed by atoms with Gasteiger partial charge in [-0.15, -0.1) is 0 Å². The lowest BCUT2D eigenvalue weighted by Crippen LogP contribution is -2.33. The Labute approximate surface area is 201 Å². The number of ether oxygens (including phenoxy) is 1. The maximum atomic E-state index is 12.3. The van der Waals surface area contributed by atoms with Crippen molar-refractivity contribution < 1.29 is 14.3 Å². The van der Waals surface area contributed by atoms with Crippen molar-refractivity contribution in [2.45, 2.75) is 123 Å². The Kier molecular flexibility index (Phi) is 10.9. The molecule has 1 unspecified atom stereocenters. The van der Waals surface area contributed by atoms with Gasteiger partial charge in [0.05, 0.1) is 0 Å². The molecule has 0 spiro atoms. The molecule has 0 aliphatic carbocycles. The molecule has 5 heteroatoms. The van der Waals surface area contributed by atoms with Crippen LogP contribution in [0.15, 0.2) is 24.3 Å². The molecule has 1 aliphatic rings. The van der Waals surface area contributed by atoms with Crippen LogP contribution >= 0.6 is 0 Å². The van der Waals surface area contributed by atoms with Gasteiger partial charge in [0.1, 0.15) is 5.60 Å². The molecule has 5 nitrogen and oxygen atoms in total. The fourth-order valence-electron chi connectivity index (χ4n) is 4.57. The van der Waals surface area contributed by atoms with Crippen LogP contribution in [0.25, 0.3) is 0 Å². The summed E-state index contributed by atoms with van der Waals surface area (Å²) in [5.41, 5.74) is 1.82. The predicted octanol–water partition coefficient (Wildman–Crippen LogP) is 5.44. The molecule has 33 heavy (non-hydrogen) atoms. The second-order valence-electron chi connectivity index (χ2n) is 10.9. The van der Waals surface area contributed by atoms with Gasteiger partial charge in [-0.2, -0.15) is 0 Å². The SMILES string of the molecule is C[C@H](CCCCC1CC[C@@H](C)N1C)NC(=O)CCc1ccc(CCC(=O)OC(C)(C)C)cc1. The first-order valence-corrected chi connectivity index (χ1v) is 12.8. The average Bonchev–Trinajstić information content (AvgIpc) is 3.05. The van der Waals surface area contributed by atoms with Crippen molar-refractivity contribution in [1.82, 2.24) is 10.2 Å². The summed E-state index contributed by atoms with van der Waals surface area (Å²) in [6.07, 6.45) is 9.67. The van der Waals surface area contributed by atoms with E-state index in [-0.39, 0.29) is 17.9 Å². The van der Waals surface area contributed by atoms with Gasteiger partial charge >= 0.3 is 5.97 Å². The van der Waals surface area contributed by atoms with Gasteiger partial charge < -0.3 is 15.0 Å². The number of unbranched alkanes of at least 4 members (excludes halogenated alkanes) is 1. The summed E-state index contributed by atoms with van der Waals surface area (Å²) < 4.78 is 5.36. The first-order valence-electron chi connectivity index (χ1n) is 12.8. The molecular formula is C28H46N2O3. The third-order valence-electron chi connectivity index (χ3n) is 6.72. The number of nitrogens with zero attached hydrogens (tertiary/aromatic N) is 1. The Morgan fingerprint density at radius 2 is 1.67 bits per heavy atom. The van der Waals surface area contributed by atoms with Gasteiger partial charge in [0.25, 0.3) is 0 Å². The lowest BCUT2D eigenvalue weighted by Gasteiger charge is -2.23. The van der Waals surface area contributed by atoms with E-state index in [1.165, 1.54) is 32.1 Å². The average molecular weight is 459 g/mol. The van der Waals surface area contributed by atoms with Crippen LogP contribution in [-0.4, -0.2) is 47.6 Å². The minimum Gasteiger partial charge on any atom is -0.460 e. The number of hydrogen-bond donors (Lipinski definition) is 1. The molecule has 1 saturated heterocycles. The van der Waals surface area contributed by atoms with Gasteiger partial charge in [0.15, 0.2) is 0 Å². The highest BCUT2D eigenvalue weighted by molar-refractivity contribution is 5.76. The Balaban J connectivity index is 1.59. The fourth-order valence-corrected chi connectivity index (χ4v) is 4.57. The van der Waals surface area contributed by atoms with Gasteiger partial charge in [-0.05, 0) is 91.3 Å². The molecule has 0 aromatic heterocycles. The lowest BCUT2D eigenvalue weighted by atomic mass is 10.0. The van der Waals surface area contributed by atoms with Crippen LogP contribution in [-0.2, 0) is 27.2 Å². The third kappa shape index (κ3) is 10.7. The molecule has 1 aromatic rings. The molecule has 0 saturated carbocycles. The standard InChI is InChI=1S/C28H46N2O3/c1-21(9-7-8-10-25-18-11-22(2)30(25)6)29-26(31)19-16-23-12-14-24(15-13-23)17-20-27(32)33-28(3,4)5/h12-15,21-22,25H,7-11,16-20H2,1-6H3,(H,29,31)/t21-,22-,25?/m1/s1. The van der Waals surface area contributed by atoms with E-state index in [1.54, 1.807) is 0 Å². The molecule has 1 amide bonds. The molecule has 0 radical (unpaired) electrons. The van der Waals surface area contributed by atoms with E-state index in [0.29, 0.717) is 19.3 Å². The zero-order valence-electron chi connectivity index (χ0n) is 21.8. The van der Waals surface area contributed by atoms with E-state index in [2.05, 4.69) is 43.2 Å². The second kappa shape index (κ2) is 13.1. The summed E-state index contributed by atoms with van der Waals surface area (Å²) in [6, 6.07) is 9.90. The first kappa shape index (κ1) is 27.4. The number of rotatable bonds is 12. The molecule has 1 aliphatic heterocycles. The summed E-state index contributed by atoms with van der Waals surface area (Å²) >= 11 is 0. The van der Waals surface area contributed by atoms with Crippen molar-refractivity contribution in [1.29, 1.82) is 0 Å². The van der Waals surface area contributed by atoms with Crippen LogP contribution in [0.3, 0.4) is 0 Å². The fraction of sp³-hybridized carbons (Fsp3) is 0.714. The minimum absolute atomic E-state index is 0.126. The molecule has 0 bridgehead atoms. The van der Waals surface area contributed by atoms with Gasteiger partial charge in [0, 0.05) is 31.0 Å². The number of carbonyl (C=O) groups excluding carboxylic acids is 2. The van der Waals surface area contributed by atoms with Crippen LogP contribution in [0.5, 0.6) is 0 Å². The van der Waals surface area contributed by atoms with E-state index in [9.17, 15) is 9.59 Å². The van der Waals surface area contributed by atoms with Crippen LogP contribution in [0.2, 0.25) is 0 Å². The van der Waals surface area contributed by atoms with Crippen molar-refractivity contribution in [3.8, 4) is 0 Å². The molecule has 1 fully saturated rings. The topological polar surface area (TPSA) is 58.6 Å². The van der Waals surface area contributed by atoms with E-state index >= 15 is 0 Å². The van der Waals surface area contributed by atoms with Crippen LogP contribution in [0, 0.1) is 0 Å². The number of esters is 1. The predicted molar refractivity (Wildman–Crippen MR) is 135 cm³/mol. The molecule has 1 heterocycles. The number of nitrogens with one attached hydrogen (secondary N) is 1. The number of benzene rings is 1. The normalized spacial score (nSPS) is 19.9. The largest absolute Gasteiger partial charge is 0.460 e. The first-order chi connectivity index (χ1) is 15.5. The highest BCUT2D eigenvalue weighted by Gasteiger charge is 2.26. The number of amides is 1. The maximum Gasteiger partial charge on any atom is 0.306 e. The third-order valence-corrected chi connectivity index (χ3v) is 6.72. The van der Waals surface area contributed by atoms with Crippen molar-refractivity contribution in [3.05, 3.63) is 35.4 Å². The lowest BCUT2D eigenvalue weighted by molar-refractivity contribution is -0.154. The number of likely N-dealkylation sites (tertiary alicyclic amines) is 1. The van der Waals surface area contributed by atoms with Gasteiger partial charge in [-0.3, -0.25) is 9.59 Å². The monoisotopic (exact) mass is 458 g/mol. The summed E-state index contributed by atoms with van der Waals surface area (Å²) in [6.45, 7) is 10.1. The summed E-state index contributed by atoms with van der Waals surface area (Å²) in [5, 5.41) is 3.16. The number of aryl methyl sites for hydroxylation is 2. The van der Waals surface area contributed by atoms with E-state index in [1.807, 2.05) is 32.9 Å². The molecular weight excluding hydrogens is 412 g/mol. The second-order valence-corrected chi connectivity index (χ2v) is 10.9. The number of hydrogen-bond acceptors (Lipinski definition) is 4. The van der Waals surface area contributed by atoms with E-state index in [0.717, 1.165) is 36.1 Å². The summed E-state index contributed by atoms with van der Waals surface area (Å²) in [4.78, 5) is 26.7. The number of carbonyl (C=O) groups is 2. The van der Waals surface area contributed by atoms with Crippen molar-refractivity contribution in [2.75, 3.05) is 7.05 Å². The molecule has 1 aromatic carbocycles. The zero-order valence-corrected chi connectivity index (χ0v) is 21.8. The highest BCUT2D eigenvalue weighted by Crippen LogP contribution is 2.25. The van der Waals surface area contributed by atoms with Gasteiger partial charge in [-0.25, -0.2) is 0 Å². The van der Waals surface area contributed by atoms with Gasteiger partial charge in [0.2, 0.25) is 5.91 Å². The van der Waals surface area contributed by atoms with Crippen molar-refractivity contribution in [2.24, 2.45) is 0 Å². The Bertz CT molecular complexity index is 739. The molecule has 186 valence electrons. The van der Waals surface area contributed by atoms with Crippen LogP contribution < -0.4 is 5.32 Å². The van der Waals surface area contributed by atoms with E-state index in [4.69, 9.17) is 4.74 Å². The highest BCUT2D eigenvalue weighted by atomic mass is 16.6. The Morgan fingerprint density at radius 1 is 1.06 bits per heavy atom. The molecule has 2 rings (SSSR count). The Hall–Kier alpha value is -1.88. The van der Waals surface area contributed by atoms with Crippen molar-refractivity contribution in [3.63, 3.8) is 0 Å². The minimum atomic E-state index is -0.440. The summed E-state index contributed by atoms with van der Waals surface area (Å²) in [7, 11) is 2.25. The van der Waals surface area contributed by atoms with E-state index < -0.39 is 5.60 Å².